The number of anilines is 2. The predicted molar refractivity (Wildman–Crippen MR) is 119 cm³/mol. The van der Waals surface area contributed by atoms with Crippen LogP contribution in [0.1, 0.15) is 17.5 Å². The summed E-state index contributed by atoms with van der Waals surface area (Å²) in [5.74, 6) is -0.257. The van der Waals surface area contributed by atoms with Gasteiger partial charge in [-0.25, -0.2) is 9.98 Å². The highest BCUT2D eigenvalue weighted by molar-refractivity contribution is 6.33. The first-order valence-corrected chi connectivity index (χ1v) is 9.83. The number of amides is 2. The van der Waals surface area contributed by atoms with Crippen LogP contribution < -0.4 is 10.2 Å². The minimum absolute atomic E-state index is 0.0684. The third-order valence-corrected chi connectivity index (χ3v) is 5.02. The van der Waals surface area contributed by atoms with E-state index in [1.54, 1.807) is 30.5 Å². The maximum Gasteiger partial charge on any atom is 0.244 e. The highest BCUT2D eigenvalue weighted by atomic mass is 35.5. The second-order valence-electron chi connectivity index (χ2n) is 6.96. The van der Waals surface area contributed by atoms with Crippen LogP contribution in [-0.4, -0.2) is 29.1 Å². The molecule has 2 heterocycles. The number of aliphatic imine (C=N–C) groups is 1. The maximum atomic E-state index is 13.1. The van der Waals surface area contributed by atoms with Crippen LogP contribution in [0.5, 0.6) is 0 Å². The van der Waals surface area contributed by atoms with Gasteiger partial charge in [0.25, 0.3) is 0 Å². The van der Waals surface area contributed by atoms with Gasteiger partial charge in [-0.1, -0.05) is 48.0 Å². The summed E-state index contributed by atoms with van der Waals surface area (Å²) in [5.41, 5.74) is 3.53. The third kappa shape index (κ3) is 4.23. The maximum absolute atomic E-state index is 13.1. The first-order chi connectivity index (χ1) is 14.5. The van der Waals surface area contributed by atoms with Crippen molar-refractivity contribution in [3.8, 4) is 0 Å². The molecule has 0 radical (unpaired) electrons. The zero-order valence-electron chi connectivity index (χ0n) is 16.3. The zero-order valence-corrected chi connectivity index (χ0v) is 17.1. The van der Waals surface area contributed by atoms with Crippen molar-refractivity contribution in [2.24, 2.45) is 4.99 Å². The van der Waals surface area contributed by atoms with Crippen LogP contribution in [0.15, 0.2) is 71.9 Å². The summed E-state index contributed by atoms with van der Waals surface area (Å²) in [6.07, 6.45) is 1.65. The van der Waals surface area contributed by atoms with Crippen molar-refractivity contribution >= 4 is 46.3 Å². The Kier molecular flexibility index (Phi) is 5.59. The lowest BCUT2D eigenvalue weighted by Crippen LogP contribution is -2.39. The molecule has 1 aliphatic rings. The molecule has 0 bridgehead atoms. The van der Waals surface area contributed by atoms with Gasteiger partial charge < -0.3 is 5.32 Å². The van der Waals surface area contributed by atoms with Gasteiger partial charge in [0, 0.05) is 6.20 Å². The number of hydrogen-bond acceptors (Lipinski definition) is 4. The number of carbonyl (C=O) groups is 2. The van der Waals surface area contributed by atoms with E-state index in [2.05, 4.69) is 15.3 Å². The Bertz CT molecular complexity index is 1140. The molecule has 0 saturated carbocycles. The SMILES string of the molecule is Cc1ccc(NC(=O)CN2C(=O)CC(c3ccccc3)=Nc3cccnc32)c(Cl)c1. The Morgan fingerprint density at radius 2 is 1.93 bits per heavy atom. The van der Waals surface area contributed by atoms with E-state index in [9.17, 15) is 9.59 Å². The topological polar surface area (TPSA) is 74.7 Å². The number of fused-ring (bicyclic) bond motifs is 1. The van der Waals surface area contributed by atoms with E-state index in [-0.39, 0.29) is 24.8 Å². The highest BCUT2D eigenvalue weighted by Gasteiger charge is 2.27. The average molecular weight is 419 g/mol. The molecule has 1 N–H and O–H groups in total. The van der Waals surface area contributed by atoms with E-state index >= 15 is 0 Å². The van der Waals surface area contributed by atoms with Crippen molar-refractivity contribution in [3.63, 3.8) is 0 Å². The van der Waals surface area contributed by atoms with E-state index in [1.807, 2.05) is 43.3 Å². The molecule has 150 valence electrons. The molecule has 0 aliphatic carbocycles. The third-order valence-electron chi connectivity index (χ3n) is 4.70. The summed E-state index contributed by atoms with van der Waals surface area (Å²) in [6.45, 7) is 1.73. The number of aryl methyl sites for hydroxylation is 1. The summed E-state index contributed by atoms with van der Waals surface area (Å²) >= 11 is 6.21. The van der Waals surface area contributed by atoms with Crippen molar-refractivity contribution < 1.29 is 9.59 Å². The zero-order chi connectivity index (χ0) is 21.1. The number of aromatic nitrogens is 1. The fourth-order valence-corrected chi connectivity index (χ4v) is 3.52. The molecule has 1 aromatic heterocycles. The molecule has 0 fully saturated rings. The number of rotatable bonds is 4. The summed E-state index contributed by atoms with van der Waals surface area (Å²) < 4.78 is 0. The molecule has 0 unspecified atom stereocenters. The second-order valence-corrected chi connectivity index (χ2v) is 7.37. The van der Waals surface area contributed by atoms with E-state index < -0.39 is 0 Å². The predicted octanol–water partition coefficient (Wildman–Crippen LogP) is 4.54. The number of nitrogens with zero attached hydrogens (tertiary/aromatic N) is 3. The largest absolute Gasteiger partial charge is 0.323 e. The Hall–Kier alpha value is -3.51. The number of halogens is 1. The monoisotopic (exact) mass is 418 g/mol. The Morgan fingerprint density at radius 1 is 1.13 bits per heavy atom. The lowest BCUT2D eigenvalue weighted by atomic mass is 10.1. The van der Waals surface area contributed by atoms with Gasteiger partial charge in [0.15, 0.2) is 5.82 Å². The molecule has 1 aliphatic heterocycles. The molecule has 0 spiro atoms. The van der Waals surface area contributed by atoms with Crippen LogP contribution in [-0.2, 0) is 9.59 Å². The first-order valence-electron chi connectivity index (χ1n) is 9.45. The van der Waals surface area contributed by atoms with Gasteiger partial charge in [-0.2, -0.15) is 0 Å². The molecule has 3 aromatic rings. The summed E-state index contributed by atoms with van der Waals surface area (Å²) in [6, 6.07) is 18.4. The molecule has 6 nitrogen and oxygen atoms in total. The molecule has 0 atom stereocenters. The molecule has 7 heteroatoms. The van der Waals surface area contributed by atoms with Crippen molar-refractivity contribution in [1.82, 2.24) is 4.98 Å². The average Bonchev–Trinajstić information content (AvgIpc) is 2.88. The van der Waals surface area contributed by atoms with E-state index in [1.165, 1.54) is 4.90 Å². The molecule has 2 aromatic carbocycles. The minimum atomic E-state index is -0.367. The molecule has 0 saturated heterocycles. The number of benzene rings is 2. The van der Waals surface area contributed by atoms with Gasteiger partial charge in [0.05, 0.1) is 22.8 Å². The van der Waals surface area contributed by atoms with Crippen molar-refractivity contribution in [2.45, 2.75) is 13.3 Å². The smallest absolute Gasteiger partial charge is 0.244 e. The van der Waals surface area contributed by atoms with Crippen molar-refractivity contribution in [2.75, 3.05) is 16.8 Å². The van der Waals surface area contributed by atoms with Gasteiger partial charge in [-0.3, -0.25) is 14.5 Å². The molecule has 4 rings (SSSR count). The Balaban J connectivity index is 1.60. The summed E-state index contributed by atoms with van der Waals surface area (Å²) in [4.78, 5) is 36.1. The molecule has 30 heavy (non-hydrogen) atoms. The van der Waals surface area contributed by atoms with E-state index in [0.29, 0.717) is 27.9 Å². The lowest BCUT2D eigenvalue weighted by Gasteiger charge is -2.20. The second kappa shape index (κ2) is 8.47. The summed E-state index contributed by atoms with van der Waals surface area (Å²) in [7, 11) is 0. The van der Waals surface area contributed by atoms with Crippen LogP contribution in [0.4, 0.5) is 17.2 Å². The number of carbonyl (C=O) groups excluding carboxylic acids is 2. The van der Waals surface area contributed by atoms with Crippen LogP contribution in [0, 0.1) is 6.92 Å². The van der Waals surface area contributed by atoms with Crippen LogP contribution >= 0.6 is 11.6 Å². The van der Waals surface area contributed by atoms with E-state index in [0.717, 1.165) is 11.1 Å². The highest BCUT2D eigenvalue weighted by Crippen LogP contribution is 2.31. The fraction of sp³-hybridized carbons (Fsp3) is 0.130. The number of nitrogens with one attached hydrogen (secondary N) is 1. The normalized spacial score (nSPS) is 13.3. The van der Waals surface area contributed by atoms with E-state index in [4.69, 9.17) is 11.6 Å². The fourth-order valence-electron chi connectivity index (χ4n) is 3.24. The molecular formula is C23H19ClN4O2. The van der Waals surface area contributed by atoms with Crippen LogP contribution in [0.3, 0.4) is 0 Å². The molecular weight excluding hydrogens is 400 g/mol. The molecule has 2 amide bonds. The van der Waals surface area contributed by atoms with Crippen molar-refractivity contribution in [1.29, 1.82) is 0 Å². The standard InChI is InChI=1S/C23H19ClN4O2/c1-15-9-10-18(17(24)12-15)27-21(29)14-28-22(30)13-20(16-6-3-2-4-7-16)26-19-8-5-11-25-23(19)28/h2-12H,13-14H2,1H3,(H,27,29). The lowest BCUT2D eigenvalue weighted by molar-refractivity contribution is -0.120. The van der Waals surface area contributed by atoms with Gasteiger partial charge in [-0.05, 0) is 42.3 Å². The Morgan fingerprint density at radius 3 is 2.70 bits per heavy atom. The first kappa shape index (κ1) is 19.8. The van der Waals surface area contributed by atoms with Gasteiger partial charge in [0.2, 0.25) is 11.8 Å². The van der Waals surface area contributed by atoms with Gasteiger partial charge in [0.1, 0.15) is 12.2 Å². The van der Waals surface area contributed by atoms with Gasteiger partial charge >= 0.3 is 0 Å². The number of hydrogen-bond donors (Lipinski definition) is 1. The Labute approximate surface area is 179 Å². The van der Waals surface area contributed by atoms with Crippen molar-refractivity contribution in [3.05, 3.63) is 83.0 Å². The van der Waals surface area contributed by atoms with Crippen LogP contribution in [0.25, 0.3) is 0 Å². The van der Waals surface area contributed by atoms with Crippen LogP contribution in [0.2, 0.25) is 5.02 Å². The quantitative estimate of drug-likeness (QED) is 0.675. The minimum Gasteiger partial charge on any atom is -0.323 e. The summed E-state index contributed by atoms with van der Waals surface area (Å²) in [5, 5.41) is 3.21. The van der Waals surface area contributed by atoms with Gasteiger partial charge in [-0.15, -0.1) is 0 Å². The number of pyridine rings is 1.